The number of carbonyl (C=O) groups excluding carboxylic acids is 2. The summed E-state index contributed by atoms with van der Waals surface area (Å²) in [6, 6.07) is -1.03. The SMILES string of the molecule is CC/C=C\C/C=C\C/C=C\C/C=C\C/C=C\CCCCCCCCC(O)C(=O)NC(COC1OC(CO)C(O)C(O)C1OC(=O)CCCCCCCCCCCCCCCCCCCCCCCCCCC)C(O)/C=C/CCCCCCCCCCC. The van der Waals surface area contributed by atoms with Crippen LogP contribution in [0.1, 0.15) is 335 Å². The summed E-state index contributed by atoms with van der Waals surface area (Å²) in [7, 11) is 0. The summed E-state index contributed by atoms with van der Waals surface area (Å²) in [4.78, 5) is 26.7. The highest BCUT2D eigenvalue weighted by molar-refractivity contribution is 5.80. The van der Waals surface area contributed by atoms with E-state index >= 15 is 0 Å². The average Bonchev–Trinajstić information content (AvgIpc) is 1.30. The van der Waals surface area contributed by atoms with Crippen molar-refractivity contribution in [1.82, 2.24) is 5.32 Å². The third-order valence-electron chi connectivity index (χ3n) is 17.1. The van der Waals surface area contributed by atoms with Crippen molar-refractivity contribution in [3.63, 3.8) is 0 Å². The maximum Gasteiger partial charge on any atom is 0.306 e. The number of esters is 1. The van der Waals surface area contributed by atoms with Gasteiger partial charge < -0.3 is 45.1 Å². The molecule has 0 radical (unpaired) electrons. The number of hydrogen-bond donors (Lipinski definition) is 6. The molecule has 8 unspecified atom stereocenters. The van der Waals surface area contributed by atoms with Crippen molar-refractivity contribution in [1.29, 1.82) is 0 Å². The van der Waals surface area contributed by atoms with Crippen molar-refractivity contribution in [2.75, 3.05) is 13.2 Å². The summed E-state index contributed by atoms with van der Waals surface area (Å²) >= 11 is 0. The predicted octanol–water partition coefficient (Wildman–Crippen LogP) is 19.1. The lowest BCUT2D eigenvalue weighted by Gasteiger charge is -2.41. The van der Waals surface area contributed by atoms with Crippen LogP contribution < -0.4 is 5.32 Å². The third-order valence-corrected chi connectivity index (χ3v) is 17.1. The minimum atomic E-state index is -1.62. The maximum atomic E-state index is 13.5. The Morgan fingerprint density at radius 3 is 1.24 bits per heavy atom. The lowest BCUT2D eigenvalue weighted by atomic mass is 9.99. The van der Waals surface area contributed by atoms with E-state index in [0.717, 1.165) is 109 Å². The van der Waals surface area contributed by atoms with Crippen molar-refractivity contribution in [2.24, 2.45) is 0 Å². The minimum Gasteiger partial charge on any atom is -0.454 e. The predicted molar refractivity (Wildman–Crippen MR) is 366 cm³/mol. The Morgan fingerprint density at radius 1 is 0.460 bits per heavy atom. The molecule has 1 aliphatic heterocycles. The number of aliphatic hydroxyl groups excluding tert-OH is 5. The molecule has 6 N–H and O–H groups in total. The van der Waals surface area contributed by atoms with Gasteiger partial charge in [-0.05, 0) is 70.6 Å². The number of carbonyl (C=O) groups is 2. The lowest BCUT2D eigenvalue weighted by Crippen LogP contribution is -2.61. The Hall–Kier alpha value is -2.90. The highest BCUT2D eigenvalue weighted by Gasteiger charge is 2.47. The van der Waals surface area contributed by atoms with Crippen molar-refractivity contribution in [3.8, 4) is 0 Å². The van der Waals surface area contributed by atoms with E-state index < -0.39 is 67.4 Å². The molecule has 1 amide bonds. The van der Waals surface area contributed by atoms with Gasteiger partial charge in [-0.1, -0.05) is 331 Å². The van der Waals surface area contributed by atoms with Gasteiger partial charge in [-0.2, -0.15) is 0 Å². The smallest absolute Gasteiger partial charge is 0.306 e. The second kappa shape index (κ2) is 63.3. The molecule has 506 valence electrons. The molecule has 1 saturated heterocycles. The molecular formula is C76H137NO10. The first-order valence-electron chi connectivity index (χ1n) is 36.7. The molecule has 0 aromatic heterocycles. The van der Waals surface area contributed by atoms with Crippen LogP contribution in [0, 0.1) is 0 Å². The molecule has 0 aromatic rings. The van der Waals surface area contributed by atoms with Gasteiger partial charge in [0.1, 0.15) is 24.4 Å². The van der Waals surface area contributed by atoms with Gasteiger partial charge in [0, 0.05) is 6.42 Å². The molecule has 0 saturated carbocycles. The van der Waals surface area contributed by atoms with Crippen LogP contribution in [0.25, 0.3) is 0 Å². The lowest BCUT2D eigenvalue weighted by molar-refractivity contribution is -0.305. The fraction of sp³-hybridized carbons (Fsp3) is 0.816. The van der Waals surface area contributed by atoms with Crippen LogP contribution in [0.15, 0.2) is 72.9 Å². The normalized spacial score (nSPS) is 18.6. The number of unbranched alkanes of at least 4 members (excludes halogenated alkanes) is 39. The monoisotopic (exact) mass is 1220 g/mol. The minimum absolute atomic E-state index is 0.125. The van der Waals surface area contributed by atoms with Crippen LogP contribution in [0.4, 0.5) is 0 Å². The van der Waals surface area contributed by atoms with Crippen LogP contribution in [0.3, 0.4) is 0 Å². The highest BCUT2D eigenvalue weighted by atomic mass is 16.7. The van der Waals surface area contributed by atoms with Gasteiger partial charge in [-0.25, -0.2) is 0 Å². The van der Waals surface area contributed by atoms with E-state index in [0.29, 0.717) is 12.8 Å². The second-order valence-electron chi connectivity index (χ2n) is 25.3. The zero-order chi connectivity index (χ0) is 63.1. The van der Waals surface area contributed by atoms with Crippen LogP contribution >= 0.6 is 0 Å². The summed E-state index contributed by atoms with van der Waals surface area (Å²) < 4.78 is 17.7. The number of allylic oxidation sites excluding steroid dienone is 11. The number of aliphatic hydroxyl groups is 5. The number of rotatable bonds is 63. The molecule has 11 nitrogen and oxygen atoms in total. The number of hydrogen-bond acceptors (Lipinski definition) is 10. The molecule has 0 aromatic carbocycles. The molecule has 1 fully saturated rings. The van der Waals surface area contributed by atoms with Crippen LogP contribution in [-0.2, 0) is 23.8 Å². The molecule has 87 heavy (non-hydrogen) atoms. The molecule has 0 bridgehead atoms. The summed E-state index contributed by atoms with van der Waals surface area (Å²) in [5, 5.41) is 57.2. The summed E-state index contributed by atoms with van der Waals surface area (Å²) in [5.74, 6) is -1.20. The molecule has 0 spiro atoms. The first-order valence-corrected chi connectivity index (χ1v) is 36.7. The number of nitrogens with one attached hydrogen (secondary N) is 1. The van der Waals surface area contributed by atoms with Crippen LogP contribution in [0.5, 0.6) is 0 Å². The van der Waals surface area contributed by atoms with Gasteiger partial charge in [0.05, 0.1) is 25.4 Å². The van der Waals surface area contributed by atoms with Crippen molar-refractivity contribution < 1.29 is 49.3 Å². The van der Waals surface area contributed by atoms with Gasteiger partial charge >= 0.3 is 5.97 Å². The van der Waals surface area contributed by atoms with E-state index in [1.807, 2.05) is 6.08 Å². The Morgan fingerprint density at radius 2 is 0.828 bits per heavy atom. The zero-order valence-corrected chi connectivity index (χ0v) is 56.4. The first kappa shape index (κ1) is 82.1. The van der Waals surface area contributed by atoms with Crippen LogP contribution in [0.2, 0.25) is 0 Å². The van der Waals surface area contributed by atoms with Gasteiger partial charge in [-0.3, -0.25) is 9.59 Å². The standard InChI is InChI=1S/C76H137NO10/c1-4-7-10-13-16-19-22-24-26-28-30-32-34-35-36-38-40-42-44-46-49-52-55-58-61-64-71(81)87-74-73(83)72(82)70(65-78)86-76(74)85-66-67(68(79)62-59-56-53-50-47-21-18-15-12-9-6-3)77-75(84)69(80)63-60-57-54-51-48-45-43-41-39-37-33-31-29-27-25-23-20-17-14-11-8-5-2/h8,11,17,20,25,27,31,33,39,41,59,62,67-70,72-74,76,78-80,82-83H,4-7,9-10,12-16,18-19,21-24,26,28-30,32,34-38,40,42-58,60-61,63-66H2,1-3H3,(H,77,84)/b11-8-,20-17-,27-25-,33-31-,41-39-,62-59+. The Bertz CT molecular complexity index is 1690. The van der Waals surface area contributed by atoms with E-state index in [4.69, 9.17) is 14.2 Å². The van der Waals surface area contributed by atoms with E-state index in [1.54, 1.807) is 6.08 Å². The summed E-state index contributed by atoms with van der Waals surface area (Å²) in [5.41, 5.74) is 0. The molecule has 11 heteroatoms. The van der Waals surface area contributed by atoms with E-state index in [-0.39, 0.29) is 19.4 Å². The Balaban J connectivity index is 2.53. The first-order chi connectivity index (χ1) is 42.7. The molecule has 1 heterocycles. The van der Waals surface area contributed by atoms with Gasteiger partial charge in [-0.15, -0.1) is 0 Å². The van der Waals surface area contributed by atoms with Crippen molar-refractivity contribution in [3.05, 3.63) is 72.9 Å². The largest absolute Gasteiger partial charge is 0.454 e. The van der Waals surface area contributed by atoms with E-state index in [9.17, 15) is 35.1 Å². The number of ether oxygens (including phenoxy) is 3. The van der Waals surface area contributed by atoms with E-state index in [1.165, 1.54) is 180 Å². The fourth-order valence-corrected chi connectivity index (χ4v) is 11.4. The Labute approximate surface area is 534 Å². The zero-order valence-electron chi connectivity index (χ0n) is 56.4. The Kier molecular flexibility index (Phi) is 59.7. The summed E-state index contributed by atoms with van der Waals surface area (Å²) in [6.07, 6.45) is 72.4. The maximum absolute atomic E-state index is 13.5. The van der Waals surface area contributed by atoms with Gasteiger partial charge in [0.25, 0.3) is 0 Å². The molecule has 8 atom stereocenters. The summed E-state index contributed by atoms with van der Waals surface area (Å²) in [6.45, 7) is 5.71. The molecule has 1 rings (SSSR count). The second-order valence-corrected chi connectivity index (χ2v) is 25.3. The average molecular weight is 1220 g/mol. The van der Waals surface area contributed by atoms with Gasteiger partial charge in [0.15, 0.2) is 12.4 Å². The van der Waals surface area contributed by atoms with E-state index in [2.05, 4.69) is 86.8 Å². The molecular weight excluding hydrogens is 1090 g/mol. The molecule has 0 aliphatic carbocycles. The van der Waals surface area contributed by atoms with Crippen molar-refractivity contribution >= 4 is 11.9 Å². The highest BCUT2D eigenvalue weighted by Crippen LogP contribution is 2.26. The van der Waals surface area contributed by atoms with Gasteiger partial charge in [0.2, 0.25) is 5.91 Å². The van der Waals surface area contributed by atoms with Crippen molar-refractivity contribution in [2.45, 2.75) is 384 Å². The third kappa shape index (κ3) is 50.4. The quantitative estimate of drug-likeness (QED) is 0.0195. The topological polar surface area (TPSA) is 175 Å². The number of amides is 1. The fourth-order valence-electron chi connectivity index (χ4n) is 11.4. The van der Waals surface area contributed by atoms with Crippen LogP contribution in [-0.4, -0.2) is 99.6 Å². The molecule has 1 aliphatic rings.